The molecule has 0 radical (unpaired) electrons. The zero-order valence-corrected chi connectivity index (χ0v) is 11.5. The second-order valence-corrected chi connectivity index (χ2v) is 5.38. The lowest BCUT2D eigenvalue weighted by atomic mass is 10.0. The largest absolute Gasteiger partial charge is 0.295 e. The summed E-state index contributed by atoms with van der Waals surface area (Å²) in [4.78, 5) is 11.8. The van der Waals surface area contributed by atoms with Gasteiger partial charge in [-0.1, -0.05) is 57.4 Å². The quantitative estimate of drug-likeness (QED) is 0.565. The van der Waals surface area contributed by atoms with Crippen molar-refractivity contribution in [3.05, 3.63) is 11.6 Å². The van der Waals surface area contributed by atoms with E-state index < -0.39 is 0 Å². The van der Waals surface area contributed by atoms with E-state index in [0.717, 1.165) is 24.8 Å². The lowest BCUT2D eigenvalue weighted by molar-refractivity contribution is -0.115. The van der Waals surface area contributed by atoms with Gasteiger partial charge in [0, 0.05) is 6.42 Å². The van der Waals surface area contributed by atoms with Gasteiger partial charge in [0.05, 0.1) is 0 Å². The molecule has 0 heterocycles. The van der Waals surface area contributed by atoms with Gasteiger partial charge in [-0.15, -0.1) is 0 Å². The summed E-state index contributed by atoms with van der Waals surface area (Å²) in [5.74, 6) is 0.375. The Balaban J connectivity index is 2.33. The van der Waals surface area contributed by atoms with Crippen LogP contribution in [0, 0.1) is 0 Å². The molecule has 1 heteroatoms. The SMILES string of the molecule is C/C1=C/CCCCCCCCCCCCC1=O. The highest BCUT2D eigenvalue weighted by Gasteiger charge is 2.04. The fourth-order valence-corrected chi connectivity index (χ4v) is 2.47. The average molecular weight is 236 g/mol. The number of carbonyl (C=O) groups excluding carboxylic acids is 1. The Morgan fingerprint density at radius 1 is 0.765 bits per heavy atom. The molecule has 0 aromatic carbocycles. The molecule has 0 aromatic rings. The fourth-order valence-electron chi connectivity index (χ4n) is 2.47. The summed E-state index contributed by atoms with van der Waals surface area (Å²) >= 11 is 0. The topological polar surface area (TPSA) is 17.1 Å². The molecule has 0 aromatic heterocycles. The Morgan fingerprint density at radius 2 is 1.24 bits per heavy atom. The Hall–Kier alpha value is -0.590. The summed E-state index contributed by atoms with van der Waals surface area (Å²) in [5.41, 5.74) is 1.000. The maximum Gasteiger partial charge on any atom is 0.158 e. The maximum atomic E-state index is 11.8. The van der Waals surface area contributed by atoms with Crippen LogP contribution in [-0.2, 0) is 4.79 Å². The van der Waals surface area contributed by atoms with Crippen LogP contribution in [0.4, 0.5) is 0 Å². The lowest BCUT2D eigenvalue weighted by Crippen LogP contribution is -1.99. The predicted molar refractivity (Wildman–Crippen MR) is 74.2 cm³/mol. The van der Waals surface area contributed by atoms with Gasteiger partial charge in [0.15, 0.2) is 5.78 Å². The second-order valence-electron chi connectivity index (χ2n) is 5.38. The number of carbonyl (C=O) groups is 1. The third-order valence-electron chi connectivity index (χ3n) is 3.75. The summed E-state index contributed by atoms with van der Waals surface area (Å²) in [6.07, 6.45) is 17.2. The molecule has 0 N–H and O–H groups in total. The molecule has 1 rings (SSSR count). The molecule has 0 atom stereocenters. The maximum absolute atomic E-state index is 11.8. The molecule has 0 spiro atoms. The van der Waals surface area contributed by atoms with Crippen molar-refractivity contribution in [2.75, 3.05) is 0 Å². The van der Waals surface area contributed by atoms with Crippen molar-refractivity contribution in [1.29, 1.82) is 0 Å². The third kappa shape index (κ3) is 7.36. The second kappa shape index (κ2) is 9.44. The minimum Gasteiger partial charge on any atom is -0.295 e. The smallest absolute Gasteiger partial charge is 0.158 e. The van der Waals surface area contributed by atoms with Crippen molar-refractivity contribution < 1.29 is 4.79 Å². The first-order valence-electron chi connectivity index (χ1n) is 7.50. The van der Waals surface area contributed by atoms with Crippen LogP contribution in [0.2, 0.25) is 0 Å². The summed E-state index contributed by atoms with van der Waals surface area (Å²) in [7, 11) is 0. The van der Waals surface area contributed by atoms with E-state index >= 15 is 0 Å². The average Bonchev–Trinajstić information content (AvgIpc) is 2.34. The van der Waals surface area contributed by atoms with Crippen molar-refractivity contribution in [2.45, 2.75) is 84.0 Å². The van der Waals surface area contributed by atoms with Crippen molar-refractivity contribution in [2.24, 2.45) is 0 Å². The summed E-state index contributed by atoms with van der Waals surface area (Å²) < 4.78 is 0. The van der Waals surface area contributed by atoms with Crippen LogP contribution in [0.15, 0.2) is 11.6 Å². The van der Waals surface area contributed by atoms with Gasteiger partial charge in [0.1, 0.15) is 0 Å². The molecular weight excluding hydrogens is 208 g/mol. The summed E-state index contributed by atoms with van der Waals surface area (Å²) in [5, 5.41) is 0. The number of hydrogen-bond donors (Lipinski definition) is 0. The monoisotopic (exact) mass is 236 g/mol. The number of rotatable bonds is 0. The molecule has 0 bridgehead atoms. The van der Waals surface area contributed by atoms with E-state index in [9.17, 15) is 4.79 Å². The van der Waals surface area contributed by atoms with Crippen molar-refractivity contribution in [3.63, 3.8) is 0 Å². The fraction of sp³-hybridized carbons (Fsp3) is 0.812. The van der Waals surface area contributed by atoms with Gasteiger partial charge >= 0.3 is 0 Å². The minimum atomic E-state index is 0.375. The van der Waals surface area contributed by atoms with Crippen LogP contribution in [0.5, 0.6) is 0 Å². The summed E-state index contributed by atoms with van der Waals surface area (Å²) in [6.45, 7) is 1.99. The van der Waals surface area contributed by atoms with Gasteiger partial charge in [0.2, 0.25) is 0 Å². The van der Waals surface area contributed by atoms with E-state index in [-0.39, 0.29) is 0 Å². The lowest BCUT2D eigenvalue weighted by Gasteiger charge is -2.02. The van der Waals surface area contributed by atoms with E-state index in [2.05, 4.69) is 6.08 Å². The summed E-state index contributed by atoms with van der Waals surface area (Å²) in [6, 6.07) is 0. The zero-order valence-electron chi connectivity index (χ0n) is 11.5. The van der Waals surface area contributed by atoms with E-state index in [1.807, 2.05) is 6.92 Å². The van der Waals surface area contributed by atoms with Gasteiger partial charge < -0.3 is 0 Å². The van der Waals surface area contributed by atoms with Crippen LogP contribution < -0.4 is 0 Å². The van der Waals surface area contributed by atoms with E-state index in [4.69, 9.17) is 0 Å². The van der Waals surface area contributed by atoms with Crippen LogP contribution in [0.3, 0.4) is 0 Å². The van der Waals surface area contributed by atoms with Crippen LogP contribution in [0.25, 0.3) is 0 Å². The van der Waals surface area contributed by atoms with Gasteiger partial charge in [-0.25, -0.2) is 0 Å². The van der Waals surface area contributed by atoms with Gasteiger partial charge in [-0.2, -0.15) is 0 Å². The first-order chi connectivity index (χ1) is 8.30. The molecule has 17 heavy (non-hydrogen) atoms. The third-order valence-corrected chi connectivity index (χ3v) is 3.75. The van der Waals surface area contributed by atoms with E-state index in [0.29, 0.717) is 5.78 Å². The van der Waals surface area contributed by atoms with Gasteiger partial charge in [-0.05, 0) is 31.8 Å². The first kappa shape index (κ1) is 14.5. The highest BCUT2D eigenvalue weighted by Crippen LogP contribution is 2.14. The van der Waals surface area contributed by atoms with Crippen molar-refractivity contribution in [3.8, 4) is 0 Å². The normalized spacial score (nSPS) is 25.5. The van der Waals surface area contributed by atoms with Crippen LogP contribution in [-0.4, -0.2) is 5.78 Å². The molecule has 1 nitrogen and oxygen atoms in total. The Labute approximate surface area is 107 Å². The first-order valence-corrected chi connectivity index (χ1v) is 7.50. The number of ketones is 1. The standard InChI is InChI=1S/C16H28O/c1-15-13-11-9-7-5-3-2-4-6-8-10-12-14-16(15)17/h13H,2-12,14H2,1H3/b15-13-. The predicted octanol–water partition coefficient (Wildman–Crippen LogP) is 5.20. The minimum absolute atomic E-state index is 0.375. The van der Waals surface area contributed by atoms with Crippen LogP contribution in [0.1, 0.15) is 84.0 Å². The highest BCUT2D eigenvalue weighted by atomic mass is 16.1. The number of hydrogen-bond acceptors (Lipinski definition) is 1. The molecule has 1 aliphatic rings. The molecule has 1 aliphatic carbocycles. The molecule has 0 aliphatic heterocycles. The van der Waals surface area contributed by atoms with E-state index in [1.54, 1.807) is 0 Å². The molecular formula is C16H28O. The Kier molecular flexibility index (Phi) is 8.04. The van der Waals surface area contributed by atoms with Crippen molar-refractivity contribution >= 4 is 5.78 Å². The molecule has 0 unspecified atom stereocenters. The Bertz CT molecular complexity index is 240. The molecule has 0 saturated carbocycles. The van der Waals surface area contributed by atoms with Gasteiger partial charge in [-0.3, -0.25) is 4.79 Å². The number of allylic oxidation sites excluding steroid dienone is 2. The molecule has 0 fully saturated rings. The van der Waals surface area contributed by atoms with E-state index in [1.165, 1.54) is 57.8 Å². The molecule has 0 amide bonds. The Morgan fingerprint density at radius 3 is 1.82 bits per heavy atom. The number of Topliss-reactive ketones (excluding diaryl/α,β-unsaturated/α-hetero) is 1. The molecule has 98 valence electrons. The van der Waals surface area contributed by atoms with Crippen LogP contribution >= 0.6 is 0 Å². The molecule has 0 saturated heterocycles. The van der Waals surface area contributed by atoms with Gasteiger partial charge in [0.25, 0.3) is 0 Å². The van der Waals surface area contributed by atoms with Crippen molar-refractivity contribution in [1.82, 2.24) is 0 Å². The zero-order chi connectivity index (χ0) is 12.3. The highest BCUT2D eigenvalue weighted by molar-refractivity contribution is 5.94.